The minimum absolute atomic E-state index is 0.193. The van der Waals surface area contributed by atoms with Gasteiger partial charge in [0.25, 0.3) is 0 Å². The van der Waals surface area contributed by atoms with Crippen molar-refractivity contribution < 1.29 is 14.0 Å². The standard InChI is InChI=1S/C4H10BrO3P/c1-2-4(5)3-8-9(6)7/h4,9H,2-3H2,1H3,(H,6,7). The van der Waals surface area contributed by atoms with Gasteiger partial charge in [-0.2, -0.15) is 0 Å². The van der Waals surface area contributed by atoms with E-state index < -0.39 is 8.25 Å². The van der Waals surface area contributed by atoms with Gasteiger partial charge in [0.1, 0.15) is 0 Å². The molecule has 0 heterocycles. The average Bonchev–Trinajstić information content (AvgIpc) is 1.83. The fourth-order valence-electron chi connectivity index (χ4n) is 0.280. The molecule has 0 aromatic rings. The Hall–Kier alpha value is 0.630. The molecule has 2 atom stereocenters. The first-order valence-electron chi connectivity index (χ1n) is 2.66. The summed E-state index contributed by atoms with van der Waals surface area (Å²) < 4.78 is 14.4. The number of hydrogen-bond acceptors (Lipinski definition) is 2. The molecule has 0 saturated heterocycles. The van der Waals surface area contributed by atoms with Crippen LogP contribution in [0.25, 0.3) is 0 Å². The topological polar surface area (TPSA) is 46.5 Å². The van der Waals surface area contributed by atoms with Crippen LogP contribution in [0.2, 0.25) is 0 Å². The van der Waals surface area contributed by atoms with E-state index in [0.29, 0.717) is 6.61 Å². The van der Waals surface area contributed by atoms with Crippen LogP contribution in [0.1, 0.15) is 13.3 Å². The number of alkyl halides is 1. The van der Waals surface area contributed by atoms with Gasteiger partial charge < -0.3 is 9.42 Å². The van der Waals surface area contributed by atoms with Gasteiger partial charge in [0.05, 0.1) is 6.61 Å². The van der Waals surface area contributed by atoms with Crippen molar-refractivity contribution in [2.45, 2.75) is 18.2 Å². The molecule has 0 aliphatic rings. The molecule has 2 unspecified atom stereocenters. The summed E-state index contributed by atoms with van der Waals surface area (Å²) in [5.41, 5.74) is 0. The van der Waals surface area contributed by atoms with Crippen molar-refractivity contribution >= 4 is 24.2 Å². The highest BCUT2D eigenvalue weighted by molar-refractivity contribution is 9.09. The summed E-state index contributed by atoms with van der Waals surface area (Å²) in [4.78, 5) is 8.39. The molecular weight excluding hydrogens is 207 g/mol. The fourth-order valence-corrected chi connectivity index (χ4v) is 0.999. The van der Waals surface area contributed by atoms with E-state index in [0.717, 1.165) is 6.42 Å². The lowest BCUT2D eigenvalue weighted by atomic mass is 10.4. The van der Waals surface area contributed by atoms with E-state index in [2.05, 4.69) is 20.5 Å². The van der Waals surface area contributed by atoms with Crippen molar-refractivity contribution in [3.05, 3.63) is 0 Å². The average molecular weight is 217 g/mol. The Morgan fingerprint density at radius 1 is 1.89 bits per heavy atom. The summed E-state index contributed by atoms with van der Waals surface area (Å²) >= 11 is 3.25. The van der Waals surface area contributed by atoms with Crippen molar-refractivity contribution in [3.8, 4) is 0 Å². The summed E-state index contributed by atoms with van der Waals surface area (Å²) in [6.07, 6.45) is 0.898. The summed E-state index contributed by atoms with van der Waals surface area (Å²) in [6, 6.07) is 0. The molecule has 1 N–H and O–H groups in total. The molecule has 0 rings (SSSR count). The zero-order chi connectivity index (χ0) is 7.28. The second kappa shape index (κ2) is 5.42. The van der Waals surface area contributed by atoms with Gasteiger partial charge in [0.15, 0.2) is 0 Å². The number of halogens is 1. The highest BCUT2D eigenvalue weighted by Gasteiger charge is 2.01. The first-order valence-corrected chi connectivity index (χ1v) is 4.84. The van der Waals surface area contributed by atoms with Gasteiger partial charge >= 0.3 is 8.25 Å². The lowest BCUT2D eigenvalue weighted by molar-refractivity contribution is 0.282. The Morgan fingerprint density at radius 3 is 2.78 bits per heavy atom. The number of rotatable bonds is 4. The van der Waals surface area contributed by atoms with E-state index >= 15 is 0 Å². The van der Waals surface area contributed by atoms with Gasteiger partial charge in [-0.1, -0.05) is 22.9 Å². The Labute approximate surface area is 63.5 Å². The van der Waals surface area contributed by atoms with Gasteiger partial charge in [-0.15, -0.1) is 0 Å². The lowest BCUT2D eigenvalue weighted by Crippen LogP contribution is -2.02. The second-order valence-corrected chi connectivity index (χ2v) is 3.70. The van der Waals surface area contributed by atoms with E-state index in [1.807, 2.05) is 6.92 Å². The molecule has 0 aromatic carbocycles. The summed E-state index contributed by atoms with van der Waals surface area (Å²) in [5.74, 6) is 0. The molecule has 0 aromatic heterocycles. The van der Waals surface area contributed by atoms with Gasteiger partial charge in [-0.05, 0) is 6.42 Å². The van der Waals surface area contributed by atoms with Crippen LogP contribution in [0.4, 0.5) is 0 Å². The quantitative estimate of drug-likeness (QED) is 0.574. The molecular formula is C4H10BrO3P. The lowest BCUT2D eigenvalue weighted by Gasteiger charge is -2.03. The molecule has 0 fully saturated rings. The molecule has 0 saturated carbocycles. The SMILES string of the molecule is CCC(Br)CO[PH](=O)O. The van der Waals surface area contributed by atoms with Gasteiger partial charge in [-0.25, -0.2) is 0 Å². The first-order chi connectivity index (χ1) is 4.16. The summed E-state index contributed by atoms with van der Waals surface area (Å²) in [5, 5.41) is 0. The smallest absolute Gasteiger partial charge is 0.316 e. The van der Waals surface area contributed by atoms with Crippen LogP contribution in [0, 0.1) is 0 Å². The van der Waals surface area contributed by atoms with Crippen molar-refractivity contribution in [1.29, 1.82) is 0 Å². The first kappa shape index (κ1) is 9.63. The monoisotopic (exact) mass is 216 g/mol. The van der Waals surface area contributed by atoms with Crippen LogP contribution < -0.4 is 0 Å². The molecule has 0 spiro atoms. The fraction of sp³-hybridized carbons (Fsp3) is 1.00. The molecule has 0 amide bonds. The van der Waals surface area contributed by atoms with Crippen LogP contribution in [-0.2, 0) is 9.09 Å². The third kappa shape index (κ3) is 6.52. The molecule has 9 heavy (non-hydrogen) atoms. The third-order valence-electron chi connectivity index (χ3n) is 0.831. The van der Waals surface area contributed by atoms with Crippen molar-refractivity contribution in [2.24, 2.45) is 0 Å². The predicted molar refractivity (Wildman–Crippen MR) is 40.2 cm³/mol. The maximum absolute atomic E-state index is 9.96. The minimum atomic E-state index is -2.72. The molecule has 5 heteroatoms. The predicted octanol–water partition coefficient (Wildman–Crippen LogP) is 1.56. The molecule has 56 valence electrons. The third-order valence-corrected chi connectivity index (χ3v) is 2.16. The van der Waals surface area contributed by atoms with Gasteiger partial charge in [0.2, 0.25) is 0 Å². The summed E-state index contributed by atoms with van der Waals surface area (Å²) in [7, 11) is -2.72. The van der Waals surface area contributed by atoms with Crippen LogP contribution in [-0.4, -0.2) is 16.3 Å². The minimum Gasteiger partial charge on any atom is -0.326 e. The Morgan fingerprint density at radius 2 is 2.44 bits per heavy atom. The Kier molecular flexibility index (Phi) is 5.80. The van der Waals surface area contributed by atoms with E-state index in [4.69, 9.17) is 4.89 Å². The van der Waals surface area contributed by atoms with Crippen molar-refractivity contribution in [2.75, 3.05) is 6.61 Å². The van der Waals surface area contributed by atoms with Crippen LogP contribution in [0.5, 0.6) is 0 Å². The van der Waals surface area contributed by atoms with E-state index in [1.54, 1.807) is 0 Å². The Balaban J connectivity index is 3.16. The second-order valence-electron chi connectivity index (χ2n) is 1.58. The molecule has 0 radical (unpaired) electrons. The number of hydrogen-bond donors (Lipinski definition) is 1. The molecule has 3 nitrogen and oxygen atoms in total. The maximum Gasteiger partial charge on any atom is 0.316 e. The largest absolute Gasteiger partial charge is 0.326 e. The van der Waals surface area contributed by atoms with Crippen molar-refractivity contribution in [1.82, 2.24) is 0 Å². The van der Waals surface area contributed by atoms with Crippen LogP contribution >= 0.6 is 24.2 Å². The van der Waals surface area contributed by atoms with Crippen LogP contribution in [0.3, 0.4) is 0 Å². The van der Waals surface area contributed by atoms with Crippen molar-refractivity contribution in [3.63, 3.8) is 0 Å². The summed E-state index contributed by atoms with van der Waals surface area (Å²) in [6.45, 7) is 2.28. The zero-order valence-electron chi connectivity index (χ0n) is 5.13. The van der Waals surface area contributed by atoms with Crippen LogP contribution in [0.15, 0.2) is 0 Å². The normalized spacial score (nSPS) is 17.2. The van der Waals surface area contributed by atoms with E-state index in [-0.39, 0.29) is 4.83 Å². The van der Waals surface area contributed by atoms with Gasteiger partial charge in [-0.3, -0.25) is 4.57 Å². The highest BCUT2D eigenvalue weighted by Crippen LogP contribution is 2.17. The zero-order valence-corrected chi connectivity index (χ0v) is 7.72. The molecule has 0 aliphatic heterocycles. The Bertz CT molecular complexity index is 97.8. The van der Waals surface area contributed by atoms with E-state index in [9.17, 15) is 4.57 Å². The maximum atomic E-state index is 9.96. The highest BCUT2D eigenvalue weighted by atomic mass is 79.9. The van der Waals surface area contributed by atoms with Gasteiger partial charge in [0, 0.05) is 4.83 Å². The molecule has 0 aliphatic carbocycles. The van der Waals surface area contributed by atoms with E-state index in [1.165, 1.54) is 0 Å². The molecule has 0 bridgehead atoms.